The third-order valence-corrected chi connectivity index (χ3v) is 3.11. The SMILES string of the molecule is CCOC(=O)N(C(C)C)C1CCCC1OC. The molecule has 1 amide bonds. The minimum absolute atomic E-state index is 0.153. The smallest absolute Gasteiger partial charge is 0.410 e. The van der Waals surface area contributed by atoms with E-state index in [-0.39, 0.29) is 24.3 Å². The van der Waals surface area contributed by atoms with Crippen molar-refractivity contribution in [1.29, 1.82) is 0 Å². The molecule has 0 aromatic rings. The normalized spacial score (nSPS) is 24.8. The summed E-state index contributed by atoms with van der Waals surface area (Å²) in [6.07, 6.45) is 3.10. The maximum Gasteiger partial charge on any atom is 0.410 e. The van der Waals surface area contributed by atoms with E-state index in [1.54, 1.807) is 7.11 Å². The van der Waals surface area contributed by atoms with E-state index < -0.39 is 0 Å². The van der Waals surface area contributed by atoms with Crippen LogP contribution in [0.3, 0.4) is 0 Å². The molecule has 0 N–H and O–H groups in total. The van der Waals surface area contributed by atoms with Gasteiger partial charge in [-0.1, -0.05) is 0 Å². The number of hydrogen-bond acceptors (Lipinski definition) is 3. The fourth-order valence-electron chi connectivity index (χ4n) is 2.43. The van der Waals surface area contributed by atoms with Crippen molar-refractivity contribution in [3.8, 4) is 0 Å². The standard InChI is InChI=1S/C12H23NO3/c1-5-16-12(14)13(9(2)3)10-7-6-8-11(10)15-4/h9-11H,5-8H2,1-4H3. The van der Waals surface area contributed by atoms with Gasteiger partial charge in [0.25, 0.3) is 0 Å². The predicted octanol–water partition coefficient (Wildman–Crippen LogP) is 2.42. The molecule has 4 nitrogen and oxygen atoms in total. The molecule has 0 heterocycles. The van der Waals surface area contributed by atoms with Crippen molar-refractivity contribution in [3.63, 3.8) is 0 Å². The van der Waals surface area contributed by atoms with Gasteiger partial charge in [0.15, 0.2) is 0 Å². The fourth-order valence-corrected chi connectivity index (χ4v) is 2.43. The van der Waals surface area contributed by atoms with Crippen LogP contribution in [0.25, 0.3) is 0 Å². The summed E-state index contributed by atoms with van der Waals surface area (Å²) in [6, 6.07) is 0.323. The Hall–Kier alpha value is -0.770. The monoisotopic (exact) mass is 229 g/mol. The second kappa shape index (κ2) is 6.09. The van der Waals surface area contributed by atoms with Gasteiger partial charge in [-0.2, -0.15) is 0 Å². The Bertz CT molecular complexity index is 230. The van der Waals surface area contributed by atoms with Crippen LogP contribution in [0.4, 0.5) is 4.79 Å². The number of methoxy groups -OCH3 is 1. The van der Waals surface area contributed by atoms with Gasteiger partial charge in [-0.25, -0.2) is 4.79 Å². The van der Waals surface area contributed by atoms with Gasteiger partial charge in [0.05, 0.1) is 18.8 Å². The quantitative estimate of drug-likeness (QED) is 0.743. The third kappa shape index (κ3) is 2.88. The second-order valence-corrected chi connectivity index (χ2v) is 4.47. The fraction of sp³-hybridized carbons (Fsp3) is 0.917. The first-order chi connectivity index (χ1) is 7.61. The lowest BCUT2D eigenvalue weighted by Crippen LogP contribution is -2.49. The summed E-state index contributed by atoms with van der Waals surface area (Å²) in [5.41, 5.74) is 0. The number of rotatable bonds is 4. The number of nitrogens with zero attached hydrogens (tertiary/aromatic N) is 1. The molecular formula is C12H23NO3. The van der Waals surface area contributed by atoms with Gasteiger partial charge in [0.1, 0.15) is 0 Å². The maximum absolute atomic E-state index is 11.9. The molecular weight excluding hydrogens is 206 g/mol. The molecule has 0 bridgehead atoms. The highest BCUT2D eigenvalue weighted by molar-refractivity contribution is 5.68. The molecule has 0 spiro atoms. The Balaban J connectivity index is 2.72. The van der Waals surface area contributed by atoms with Crippen LogP contribution in [-0.4, -0.2) is 42.9 Å². The molecule has 4 heteroatoms. The molecule has 0 saturated heterocycles. The van der Waals surface area contributed by atoms with Crippen molar-refractivity contribution in [2.45, 2.75) is 58.2 Å². The van der Waals surface area contributed by atoms with Crippen LogP contribution >= 0.6 is 0 Å². The zero-order valence-corrected chi connectivity index (χ0v) is 10.7. The molecule has 0 aromatic carbocycles. The largest absolute Gasteiger partial charge is 0.450 e. The minimum Gasteiger partial charge on any atom is -0.450 e. The summed E-state index contributed by atoms with van der Waals surface area (Å²) in [5, 5.41) is 0. The Labute approximate surface area is 97.9 Å². The molecule has 2 atom stereocenters. The molecule has 1 fully saturated rings. The molecule has 1 rings (SSSR count). The first-order valence-electron chi connectivity index (χ1n) is 6.09. The van der Waals surface area contributed by atoms with Gasteiger partial charge < -0.3 is 14.4 Å². The van der Waals surface area contributed by atoms with Crippen molar-refractivity contribution in [1.82, 2.24) is 4.90 Å². The summed E-state index contributed by atoms with van der Waals surface area (Å²) in [4.78, 5) is 13.7. The maximum atomic E-state index is 11.9. The molecule has 16 heavy (non-hydrogen) atoms. The van der Waals surface area contributed by atoms with Gasteiger partial charge in [0, 0.05) is 13.2 Å². The van der Waals surface area contributed by atoms with E-state index in [4.69, 9.17) is 9.47 Å². The Kier molecular flexibility index (Phi) is 5.06. The van der Waals surface area contributed by atoms with E-state index in [1.165, 1.54) is 0 Å². The highest BCUT2D eigenvalue weighted by Gasteiger charge is 2.36. The first-order valence-corrected chi connectivity index (χ1v) is 6.09. The summed E-state index contributed by atoms with van der Waals surface area (Å²) in [5.74, 6) is 0. The van der Waals surface area contributed by atoms with Crippen molar-refractivity contribution < 1.29 is 14.3 Å². The van der Waals surface area contributed by atoms with E-state index in [9.17, 15) is 4.79 Å². The highest BCUT2D eigenvalue weighted by atomic mass is 16.6. The van der Waals surface area contributed by atoms with Gasteiger partial charge in [-0.15, -0.1) is 0 Å². The van der Waals surface area contributed by atoms with Crippen molar-refractivity contribution >= 4 is 6.09 Å². The van der Waals surface area contributed by atoms with Crippen LogP contribution in [0.15, 0.2) is 0 Å². The summed E-state index contributed by atoms with van der Waals surface area (Å²) in [7, 11) is 1.71. The average molecular weight is 229 g/mol. The van der Waals surface area contributed by atoms with Gasteiger partial charge >= 0.3 is 6.09 Å². The molecule has 0 aliphatic heterocycles. The van der Waals surface area contributed by atoms with Gasteiger partial charge in [0.2, 0.25) is 0 Å². The lowest BCUT2D eigenvalue weighted by atomic mass is 10.1. The van der Waals surface area contributed by atoms with E-state index in [2.05, 4.69) is 0 Å². The molecule has 2 unspecified atom stereocenters. The van der Waals surface area contributed by atoms with Crippen molar-refractivity contribution in [2.24, 2.45) is 0 Å². The summed E-state index contributed by atoms with van der Waals surface area (Å²) in [6.45, 7) is 6.29. The van der Waals surface area contributed by atoms with Crippen LogP contribution in [0.1, 0.15) is 40.0 Å². The Morgan fingerprint density at radius 2 is 2.12 bits per heavy atom. The van der Waals surface area contributed by atoms with E-state index in [0.29, 0.717) is 6.61 Å². The molecule has 1 saturated carbocycles. The summed E-state index contributed by atoms with van der Waals surface area (Å²) < 4.78 is 10.5. The first kappa shape index (κ1) is 13.3. The third-order valence-electron chi connectivity index (χ3n) is 3.11. The van der Waals surface area contributed by atoms with Crippen LogP contribution in [-0.2, 0) is 9.47 Å². The van der Waals surface area contributed by atoms with Crippen molar-refractivity contribution in [3.05, 3.63) is 0 Å². The van der Waals surface area contributed by atoms with Crippen LogP contribution in [0.5, 0.6) is 0 Å². The number of ether oxygens (including phenoxy) is 2. The Morgan fingerprint density at radius 1 is 1.44 bits per heavy atom. The topological polar surface area (TPSA) is 38.8 Å². The lowest BCUT2D eigenvalue weighted by molar-refractivity contribution is 0.0143. The molecule has 0 radical (unpaired) electrons. The zero-order chi connectivity index (χ0) is 12.1. The number of hydrogen-bond donors (Lipinski definition) is 0. The Morgan fingerprint density at radius 3 is 2.62 bits per heavy atom. The van der Waals surface area contributed by atoms with E-state index in [1.807, 2.05) is 25.7 Å². The molecule has 1 aliphatic carbocycles. The molecule has 1 aliphatic rings. The van der Waals surface area contributed by atoms with Gasteiger partial charge in [-0.3, -0.25) is 0 Å². The van der Waals surface area contributed by atoms with Crippen molar-refractivity contribution in [2.75, 3.05) is 13.7 Å². The van der Waals surface area contributed by atoms with Crippen LogP contribution < -0.4 is 0 Å². The van der Waals surface area contributed by atoms with Crippen LogP contribution in [0, 0.1) is 0 Å². The predicted molar refractivity (Wildman–Crippen MR) is 62.4 cm³/mol. The highest BCUT2D eigenvalue weighted by Crippen LogP contribution is 2.28. The summed E-state index contributed by atoms with van der Waals surface area (Å²) >= 11 is 0. The minimum atomic E-state index is -0.216. The van der Waals surface area contributed by atoms with Gasteiger partial charge in [-0.05, 0) is 40.0 Å². The number of carbonyl (C=O) groups is 1. The van der Waals surface area contributed by atoms with E-state index >= 15 is 0 Å². The molecule has 94 valence electrons. The lowest BCUT2D eigenvalue weighted by Gasteiger charge is -2.34. The van der Waals surface area contributed by atoms with E-state index in [0.717, 1.165) is 19.3 Å². The molecule has 0 aromatic heterocycles. The second-order valence-electron chi connectivity index (χ2n) is 4.47. The van der Waals surface area contributed by atoms with Crippen LogP contribution in [0.2, 0.25) is 0 Å². The number of carbonyl (C=O) groups excluding carboxylic acids is 1. The zero-order valence-electron chi connectivity index (χ0n) is 10.7. The average Bonchev–Trinajstić information content (AvgIpc) is 2.66. The number of amides is 1.